The zero-order valence-corrected chi connectivity index (χ0v) is 10.5. The van der Waals surface area contributed by atoms with Crippen molar-refractivity contribution in [2.75, 3.05) is 0 Å². The van der Waals surface area contributed by atoms with E-state index in [2.05, 4.69) is 0 Å². The Balaban J connectivity index is 2.36. The van der Waals surface area contributed by atoms with Crippen LogP contribution in [0.15, 0.2) is 42.5 Å². The zero-order valence-electron chi connectivity index (χ0n) is 10.5. The molecule has 0 spiro atoms. The number of aliphatic carboxylic acids is 1. The summed E-state index contributed by atoms with van der Waals surface area (Å²) in [5.41, 5.74) is 0.520. The van der Waals surface area contributed by atoms with Crippen molar-refractivity contribution in [3.8, 4) is 0 Å². The highest BCUT2D eigenvalue weighted by Gasteiger charge is 2.40. The van der Waals surface area contributed by atoms with Gasteiger partial charge >= 0.3 is 12.1 Å². The van der Waals surface area contributed by atoms with Gasteiger partial charge in [-0.3, -0.25) is 4.79 Å². The predicted molar refractivity (Wildman–Crippen MR) is 69.4 cm³/mol. The first-order chi connectivity index (χ1) is 9.38. The molecule has 0 fully saturated rings. The molecule has 0 saturated heterocycles. The third kappa shape index (κ3) is 3.29. The van der Waals surface area contributed by atoms with Gasteiger partial charge in [-0.25, -0.2) is 0 Å². The minimum Gasteiger partial charge on any atom is -0.481 e. The maximum absolute atomic E-state index is 12.9. The summed E-state index contributed by atoms with van der Waals surface area (Å²) in [6.45, 7) is 0. The Labute approximate surface area is 113 Å². The largest absolute Gasteiger partial charge is 0.481 e. The highest BCUT2D eigenvalue weighted by atomic mass is 19.4. The Morgan fingerprint density at radius 2 is 1.75 bits per heavy atom. The van der Waals surface area contributed by atoms with Crippen LogP contribution in [-0.4, -0.2) is 17.3 Å². The van der Waals surface area contributed by atoms with Crippen LogP contribution in [0.3, 0.4) is 0 Å². The number of benzene rings is 2. The SMILES string of the molecule is O=C(O)CC(Cc1cccc2ccccc12)C(F)(F)F. The predicted octanol–water partition coefficient (Wildman–Crippen LogP) is 4.04. The van der Waals surface area contributed by atoms with Gasteiger partial charge in [-0.1, -0.05) is 42.5 Å². The van der Waals surface area contributed by atoms with E-state index >= 15 is 0 Å². The third-order valence-electron chi connectivity index (χ3n) is 3.23. The second-order valence-corrected chi connectivity index (χ2v) is 4.68. The Kier molecular flexibility index (Phi) is 3.97. The molecule has 0 amide bonds. The fraction of sp³-hybridized carbons (Fsp3) is 0.267. The first kappa shape index (κ1) is 14.4. The topological polar surface area (TPSA) is 37.3 Å². The van der Waals surface area contributed by atoms with E-state index in [4.69, 9.17) is 5.11 Å². The number of hydrogen-bond acceptors (Lipinski definition) is 1. The molecule has 0 radical (unpaired) electrons. The molecule has 5 heteroatoms. The molecule has 20 heavy (non-hydrogen) atoms. The molecule has 1 N–H and O–H groups in total. The lowest BCUT2D eigenvalue weighted by Gasteiger charge is -2.19. The summed E-state index contributed by atoms with van der Waals surface area (Å²) in [7, 11) is 0. The van der Waals surface area contributed by atoms with Crippen LogP contribution < -0.4 is 0 Å². The van der Waals surface area contributed by atoms with Crippen molar-refractivity contribution in [3.63, 3.8) is 0 Å². The van der Waals surface area contributed by atoms with Crippen molar-refractivity contribution >= 4 is 16.7 Å². The van der Waals surface area contributed by atoms with Crippen molar-refractivity contribution in [3.05, 3.63) is 48.0 Å². The van der Waals surface area contributed by atoms with Crippen molar-refractivity contribution in [1.29, 1.82) is 0 Å². The standard InChI is InChI=1S/C15H13F3O2/c16-15(17,18)12(9-14(19)20)8-11-6-3-5-10-4-1-2-7-13(10)11/h1-7,12H,8-9H2,(H,19,20). The summed E-state index contributed by atoms with van der Waals surface area (Å²) in [5.74, 6) is -3.31. The van der Waals surface area contributed by atoms with E-state index < -0.39 is 24.5 Å². The van der Waals surface area contributed by atoms with Gasteiger partial charge in [0.15, 0.2) is 0 Å². The quantitative estimate of drug-likeness (QED) is 0.919. The summed E-state index contributed by atoms with van der Waals surface area (Å²) >= 11 is 0. The molecule has 0 saturated carbocycles. The van der Waals surface area contributed by atoms with Gasteiger partial charge in [-0.2, -0.15) is 13.2 Å². The summed E-state index contributed by atoms with van der Waals surface area (Å²) < 4.78 is 38.7. The lowest BCUT2D eigenvalue weighted by atomic mass is 9.92. The Morgan fingerprint density at radius 1 is 1.10 bits per heavy atom. The van der Waals surface area contributed by atoms with Crippen LogP contribution in [0.5, 0.6) is 0 Å². The molecule has 2 rings (SSSR count). The van der Waals surface area contributed by atoms with Crippen molar-refractivity contribution in [2.45, 2.75) is 19.0 Å². The van der Waals surface area contributed by atoms with E-state index in [1.807, 2.05) is 18.2 Å². The van der Waals surface area contributed by atoms with Gasteiger partial charge in [-0.15, -0.1) is 0 Å². The average Bonchev–Trinajstić information content (AvgIpc) is 2.37. The number of carboxylic acid groups (broad SMARTS) is 1. The van der Waals surface area contributed by atoms with Gasteiger partial charge in [0.2, 0.25) is 0 Å². The van der Waals surface area contributed by atoms with Crippen molar-refractivity contribution < 1.29 is 23.1 Å². The third-order valence-corrected chi connectivity index (χ3v) is 3.23. The number of rotatable bonds is 4. The highest BCUT2D eigenvalue weighted by Crippen LogP contribution is 2.33. The molecule has 2 aromatic carbocycles. The van der Waals surface area contributed by atoms with Crippen molar-refractivity contribution in [2.24, 2.45) is 5.92 Å². The smallest absolute Gasteiger partial charge is 0.392 e. The molecule has 0 bridgehead atoms. The van der Waals surface area contributed by atoms with Crippen LogP contribution in [0.25, 0.3) is 10.8 Å². The second-order valence-electron chi connectivity index (χ2n) is 4.68. The normalized spacial score (nSPS) is 13.3. The molecule has 0 heterocycles. The molecule has 0 aliphatic carbocycles. The first-order valence-corrected chi connectivity index (χ1v) is 6.13. The first-order valence-electron chi connectivity index (χ1n) is 6.13. The number of hydrogen-bond donors (Lipinski definition) is 1. The fourth-order valence-corrected chi connectivity index (χ4v) is 2.25. The monoisotopic (exact) mass is 282 g/mol. The van der Waals surface area contributed by atoms with Gasteiger partial charge < -0.3 is 5.11 Å². The van der Waals surface area contributed by atoms with Gasteiger partial charge in [0.25, 0.3) is 0 Å². The summed E-state index contributed by atoms with van der Waals surface area (Å²) in [6, 6.07) is 12.3. The van der Waals surface area contributed by atoms with Crippen LogP contribution in [0.2, 0.25) is 0 Å². The summed E-state index contributed by atoms with van der Waals surface area (Å²) in [6.07, 6.45) is -5.75. The van der Waals surface area contributed by atoms with Crippen LogP contribution in [0, 0.1) is 5.92 Å². The Morgan fingerprint density at radius 3 is 2.40 bits per heavy atom. The molecule has 2 nitrogen and oxygen atoms in total. The Hall–Kier alpha value is -2.04. The lowest BCUT2D eigenvalue weighted by molar-refractivity contribution is -0.182. The molecule has 2 aromatic rings. The minimum absolute atomic E-state index is 0.322. The molecule has 0 aromatic heterocycles. The van der Waals surface area contributed by atoms with E-state index in [9.17, 15) is 18.0 Å². The van der Waals surface area contributed by atoms with Gasteiger partial charge in [0, 0.05) is 0 Å². The number of carbonyl (C=O) groups is 1. The summed E-state index contributed by atoms with van der Waals surface area (Å²) in [5, 5.41) is 10.2. The number of alkyl halides is 3. The maximum atomic E-state index is 12.9. The van der Waals surface area contributed by atoms with Gasteiger partial charge in [0.1, 0.15) is 0 Å². The van der Waals surface area contributed by atoms with Crippen LogP contribution in [0.4, 0.5) is 13.2 Å². The summed E-state index contributed by atoms with van der Waals surface area (Å²) in [4.78, 5) is 10.6. The van der Waals surface area contributed by atoms with Crippen LogP contribution in [0.1, 0.15) is 12.0 Å². The number of fused-ring (bicyclic) bond motifs is 1. The molecule has 106 valence electrons. The zero-order chi connectivity index (χ0) is 14.8. The second kappa shape index (κ2) is 5.53. The van der Waals surface area contributed by atoms with Crippen LogP contribution >= 0.6 is 0 Å². The van der Waals surface area contributed by atoms with E-state index in [-0.39, 0.29) is 6.42 Å². The number of carboxylic acids is 1. The van der Waals surface area contributed by atoms with E-state index in [1.165, 1.54) is 0 Å². The molecule has 1 unspecified atom stereocenters. The Bertz CT molecular complexity index is 615. The fourth-order valence-electron chi connectivity index (χ4n) is 2.25. The molecule has 0 aliphatic heterocycles. The lowest BCUT2D eigenvalue weighted by Crippen LogP contribution is -2.27. The average molecular weight is 282 g/mol. The molecular weight excluding hydrogens is 269 g/mol. The maximum Gasteiger partial charge on any atom is 0.392 e. The van der Waals surface area contributed by atoms with Crippen LogP contribution in [-0.2, 0) is 11.2 Å². The van der Waals surface area contributed by atoms with E-state index in [1.54, 1.807) is 24.3 Å². The molecule has 0 aliphatic rings. The van der Waals surface area contributed by atoms with E-state index in [0.29, 0.717) is 5.56 Å². The van der Waals surface area contributed by atoms with E-state index in [0.717, 1.165) is 10.8 Å². The molecular formula is C15H13F3O2. The molecule has 1 atom stereocenters. The highest BCUT2D eigenvalue weighted by molar-refractivity contribution is 5.85. The van der Waals surface area contributed by atoms with Crippen molar-refractivity contribution in [1.82, 2.24) is 0 Å². The minimum atomic E-state index is -4.52. The van der Waals surface area contributed by atoms with Gasteiger partial charge in [-0.05, 0) is 22.8 Å². The number of halogens is 3. The van der Waals surface area contributed by atoms with Gasteiger partial charge in [0.05, 0.1) is 12.3 Å².